The van der Waals surface area contributed by atoms with E-state index in [1.54, 1.807) is 0 Å². The van der Waals surface area contributed by atoms with Crippen LogP contribution in [0.5, 0.6) is 0 Å². The van der Waals surface area contributed by atoms with Crippen LogP contribution in [-0.4, -0.2) is 28.2 Å². The summed E-state index contributed by atoms with van der Waals surface area (Å²) in [7, 11) is 1.92. The molecule has 5 heteroatoms. The maximum Gasteiger partial charge on any atom is 0.231 e. The molecule has 2 aromatic heterocycles. The van der Waals surface area contributed by atoms with Gasteiger partial charge in [0.05, 0.1) is 11.4 Å². The number of nitrogens with zero attached hydrogens (tertiary/aromatic N) is 3. The molecule has 0 aliphatic heterocycles. The highest BCUT2D eigenvalue weighted by molar-refractivity contribution is 5.80. The minimum atomic E-state index is 0.150. The number of rotatable bonds is 4. The summed E-state index contributed by atoms with van der Waals surface area (Å²) < 4.78 is 5.37. The highest BCUT2D eigenvalue weighted by atomic mass is 16.5. The van der Waals surface area contributed by atoms with Crippen molar-refractivity contribution in [1.82, 2.24) is 20.4 Å². The summed E-state index contributed by atoms with van der Waals surface area (Å²) >= 11 is 0. The molecule has 108 valence electrons. The molecule has 3 aromatic rings. The van der Waals surface area contributed by atoms with Gasteiger partial charge in [-0.2, -0.15) is 4.98 Å². The van der Waals surface area contributed by atoms with E-state index >= 15 is 0 Å². The Morgan fingerprint density at radius 2 is 1.86 bits per heavy atom. The van der Waals surface area contributed by atoms with Crippen LogP contribution in [0.25, 0.3) is 22.4 Å². The molecule has 1 N–H and O–H groups in total. The van der Waals surface area contributed by atoms with E-state index in [0.717, 1.165) is 16.6 Å². The molecule has 0 aliphatic carbocycles. The van der Waals surface area contributed by atoms with Gasteiger partial charge < -0.3 is 9.84 Å². The predicted octanol–water partition coefficient (Wildman–Crippen LogP) is 3.00. The molecule has 0 amide bonds. The van der Waals surface area contributed by atoms with Gasteiger partial charge in [-0.25, -0.2) is 4.98 Å². The molecule has 2 atom stereocenters. The summed E-state index contributed by atoms with van der Waals surface area (Å²) in [4.78, 5) is 9.06. The molecule has 0 saturated heterocycles. The number of pyridine rings is 1. The second-order valence-electron chi connectivity index (χ2n) is 5.21. The van der Waals surface area contributed by atoms with Crippen molar-refractivity contribution in [2.45, 2.75) is 25.8 Å². The predicted molar refractivity (Wildman–Crippen MR) is 82.0 cm³/mol. The van der Waals surface area contributed by atoms with Gasteiger partial charge in [-0.3, -0.25) is 0 Å². The van der Waals surface area contributed by atoms with Crippen LogP contribution in [0.15, 0.2) is 40.9 Å². The van der Waals surface area contributed by atoms with Gasteiger partial charge in [0.15, 0.2) is 0 Å². The zero-order valence-corrected chi connectivity index (χ0v) is 12.4. The maximum absolute atomic E-state index is 5.37. The summed E-state index contributed by atoms with van der Waals surface area (Å²) in [6.45, 7) is 4.15. The Morgan fingerprint density at radius 3 is 2.67 bits per heavy atom. The second kappa shape index (κ2) is 5.61. The Bertz CT molecular complexity index is 753. The Morgan fingerprint density at radius 1 is 1.05 bits per heavy atom. The van der Waals surface area contributed by atoms with Crippen LogP contribution in [0.3, 0.4) is 0 Å². The number of aromatic nitrogens is 3. The highest BCUT2D eigenvalue weighted by Gasteiger charge is 2.20. The molecule has 2 heterocycles. The minimum absolute atomic E-state index is 0.150. The molecule has 0 spiro atoms. The normalized spacial score (nSPS) is 14.2. The van der Waals surface area contributed by atoms with E-state index in [1.807, 2.05) is 43.4 Å². The zero-order chi connectivity index (χ0) is 14.8. The molecule has 0 radical (unpaired) electrons. The summed E-state index contributed by atoms with van der Waals surface area (Å²) in [5, 5.41) is 8.35. The van der Waals surface area contributed by atoms with E-state index in [1.165, 1.54) is 0 Å². The standard InChI is InChI=1S/C16H18N4O/c1-10(11(2)17-3)16-19-15(20-21-16)14-9-8-12-6-4-5-7-13(12)18-14/h4-11,17H,1-3H3. The topological polar surface area (TPSA) is 63.8 Å². The van der Waals surface area contributed by atoms with Crippen molar-refractivity contribution in [3.63, 3.8) is 0 Å². The first-order chi connectivity index (χ1) is 10.2. The van der Waals surface area contributed by atoms with Crippen molar-refractivity contribution in [3.8, 4) is 11.5 Å². The molecule has 0 saturated carbocycles. The van der Waals surface area contributed by atoms with Crippen molar-refractivity contribution in [1.29, 1.82) is 0 Å². The molecule has 2 unspecified atom stereocenters. The lowest BCUT2D eigenvalue weighted by Crippen LogP contribution is -2.27. The van der Waals surface area contributed by atoms with Gasteiger partial charge in [0.1, 0.15) is 5.69 Å². The van der Waals surface area contributed by atoms with Crippen molar-refractivity contribution in [2.24, 2.45) is 0 Å². The molecular formula is C16H18N4O. The first-order valence-electron chi connectivity index (χ1n) is 7.06. The summed E-state index contributed by atoms with van der Waals surface area (Å²) in [5.41, 5.74) is 1.66. The molecule has 5 nitrogen and oxygen atoms in total. The summed E-state index contributed by atoms with van der Waals surface area (Å²) in [5.74, 6) is 1.31. The SMILES string of the molecule is CNC(C)C(C)c1nc(-c2ccc3ccccc3n2)no1. The van der Waals surface area contributed by atoms with Crippen LogP contribution >= 0.6 is 0 Å². The molecule has 1 aromatic carbocycles. The second-order valence-corrected chi connectivity index (χ2v) is 5.21. The highest BCUT2D eigenvalue weighted by Crippen LogP contribution is 2.22. The van der Waals surface area contributed by atoms with Gasteiger partial charge in [-0.05, 0) is 26.1 Å². The van der Waals surface area contributed by atoms with Crippen LogP contribution in [0.2, 0.25) is 0 Å². The Balaban J connectivity index is 1.94. The van der Waals surface area contributed by atoms with Crippen molar-refractivity contribution < 1.29 is 4.52 Å². The zero-order valence-electron chi connectivity index (χ0n) is 12.4. The lowest BCUT2D eigenvalue weighted by Gasteiger charge is -2.14. The quantitative estimate of drug-likeness (QED) is 0.797. The molecule has 21 heavy (non-hydrogen) atoms. The van der Waals surface area contributed by atoms with Crippen LogP contribution in [0.4, 0.5) is 0 Å². The third-order valence-corrected chi connectivity index (χ3v) is 3.86. The number of para-hydroxylation sites is 1. The van der Waals surface area contributed by atoms with Crippen molar-refractivity contribution >= 4 is 10.9 Å². The molecular weight excluding hydrogens is 264 g/mol. The smallest absolute Gasteiger partial charge is 0.231 e. The summed E-state index contributed by atoms with van der Waals surface area (Å²) in [6, 6.07) is 12.2. The molecule has 3 rings (SSSR count). The number of hydrogen-bond donors (Lipinski definition) is 1. The van der Waals surface area contributed by atoms with E-state index < -0.39 is 0 Å². The van der Waals surface area contributed by atoms with Gasteiger partial charge >= 0.3 is 0 Å². The van der Waals surface area contributed by atoms with Gasteiger partial charge in [0.25, 0.3) is 0 Å². The van der Waals surface area contributed by atoms with Crippen LogP contribution in [0, 0.1) is 0 Å². The molecule has 0 bridgehead atoms. The number of fused-ring (bicyclic) bond motifs is 1. The first kappa shape index (κ1) is 13.7. The average Bonchev–Trinajstić information content (AvgIpc) is 3.02. The fourth-order valence-corrected chi connectivity index (χ4v) is 2.18. The van der Waals surface area contributed by atoms with E-state index in [9.17, 15) is 0 Å². The fourth-order valence-electron chi connectivity index (χ4n) is 2.18. The van der Waals surface area contributed by atoms with Crippen LogP contribution < -0.4 is 5.32 Å². The summed E-state index contributed by atoms with van der Waals surface area (Å²) in [6.07, 6.45) is 0. The Labute approximate surface area is 123 Å². The largest absolute Gasteiger partial charge is 0.339 e. The van der Waals surface area contributed by atoms with Gasteiger partial charge in [0.2, 0.25) is 11.7 Å². The fraction of sp³-hybridized carbons (Fsp3) is 0.312. The van der Waals surface area contributed by atoms with Gasteiger partial charge in [0, 0.05) is 11.4 Å². The van der Waals surface area contributed by atoms with E-state index in [0.29, 0.717) is 11.7 Å². The Hall–Kier alpha value is -2.27. The molecule has 0 fully saturated rings. The average molecular weight is 282 g/mol. The van der Waals surface area contributed by atoms with E-state index in [4.69, 9.17) is 4.52 Å². The Kier molecular flexibility index (Phi) is 3.66. The van der Waals surface area contributed by atoms with Gasteiger partial charge in [-0.15, -0.1) is 0 Å². The van der Waals surface area contributed by atoms with Crippen LogP contribution in [0.1, 0.15) is 25.7 Å². The number of hydrogen-bond acceptors (Lipinski definition) is 5. The number of likely N-dealkylation sites (N-methyl/N-ethyl adjacent to an activating group) is 1. The van der Waals surface area contributed by atoms with Crippen molar-refractivity contribution in [3.05, 3.63) is 42.3 Å². The number of benzene rings is 1. The maximum atomic E-state index is 5.37. The van der Waals surface area contributed by atoms with E-state index in [2.05, 4.69) is 34.3 Å². The molecule has 0 aliphatic rings. The third-order valence-electron chi connectivity index (χ3n) is 3.86. The monoisotopic (exact) mass is 282 g/mol. The first-order valence-corrected chi connectivity index (χ1v) is 7.06. The van der Waals surface area contributed by atoms with Crippen molar-refractivity contribution in [2.75, 3.05) is 7.05 Å². The lowest BCUT2D eigenvalue weighted by molar-refractivity contribution is 0.336. The third kappa shape index (κ3) is 2.64. The van der Waals surface area contributed by atoms with E-state index in [-0.39, 0.29) is 12.0 Å². The number of nitrogens with one attached hydrogen (secondary N) is 1. The van der Waals surface area contributed by atoms with Gasteiger partial charge in [-0.1, -0.05) is 36.3 Å². The lowest BCUT2D eigenvalue weighted by atomic mass is 10.0. The minimum Gasteiger partial charge on any atom is -0.339 e. The van der Waals surface area contributed by atoms with Crippen LogP contribution in [-0.2, 0) is 0 Å².